The third-order valence-corrected chi connectivity index (χ3v) is 2.30. The molecule has 0 aromatic heterocycles. The van der Waals surface area contributed by atoms with Crippen molar-refractivity contribution in [3.8, 4) is 0 Å². The van der Waals surface area contributed by atoms with E-state index >= 15 is 0 Å². The van der Waals surface area contributed by atoms with Crippen molar-refractivity contribution in [1.82, 2.24) is 0 Å². The number of nitrogens with one attached hydrogen (secondary N) is 1. The average molecular weight is 334 g/mol. The molecule has 0 saturated heterocycles. The second kappa shape index (κ2) is 7.96. The standard InChI is InChI=1S/C9H9BBrF3NO.K/c11-7-2-1-3-8(6-7)15-9(16)4-5-10(12,13)14;/h1-3,6H,4-5H2,(H,15,16);/q-1;+1. The van der Waals surface area contributed by atoms with E-state index in [2.05, 4.69) is 21.2 Å². The van der Waals surface area contributed by atoms with Crippen LogP contribution in [-0.2, 0) is 4.79 Å². The van der Waals surface area contributed by atoms with Crippen LogP contribution in [0.25, 0.3) is 0 Å². The van der Waals surface area contributed by atoms with Gasteiger partial charge in [0.05, 0.1) is 0 Å². The summed E-state index contributed by atoms with van der Waals surface area (Å²) in [5.41, 5.74) is 0.481. The van der Waals surface area contributed by atoms with E-state index in [1.54, 1.807) is 24.3 Å². The maximum Gasteiger partial charge on any atom is 1.00 e. The Morgan fingerprint density at radius 3 is 2.53 bits per heavy atom. The van der Waals surface area contributed by atoms with Crippen LogP contribution in [0.1, 0.15) is 6.42 Å². The van der Waals surface area contributed by atoms with Crippen molar-refractivity contribution in [2.45, 2.75) is 12.7 Å². The second-order valence-electron chi connectivity index (χ2n) is 3.31. The summed E-state index contributed by atoms with van der Waals surface area (Å²) in [6.45, 7) is -4.89. The SMILES string of the molecule is O=C(CC[B-](F)(F)F)Nc1cccc(Br)c1.[K+]. The summed E-state index contributed by atoms with van der Waals surface area (Å²) in [4.78, 5) is 11.2. The van der Waals surface area contributed by atoms with Gasteiger partial charge in [-0.1, -0.05) is 28.3 Å². The van der Waals surface area contributed by atoms with Crippen LogP contribution in [0.5, 0.6) is 0 Å². The fraction of sp³-hybridized carbons (Fsp3) is 0.222. The predicted molar refractivity (Wildman–Crippen MR) is 61.3 cm³/mol. The van der Waals surface area contributed by atoms with Crippen molar-refractivity contribution >= 4 is 34.5 Å². The van der Waals surface area contributed by atoms with Gasteiger partial charge in [-0.05, 0) is 18.2 Å². The van der Waals surface area contributed by atoms with Gasteiger partial charge in [-0.2, -0.15) is 0 Å². The normalized spacial score (nSPS) is 10.6. The van der Waals surface area contributed by atoms with Crippen LogP contribution in [0.15, 0.2) is 28.7 Å². The first kappa shape index (κ1) is 17.7. The molecule has 17 heavy (non-hydrogen) atoms. The quantitative estimate of drug-likeness (QED) is 0.805. The minimum atomic E-state index is -4.89. The van der Waals surface area contributed by atoms with E-state index in [0.717, 1.165) is 4.47 Å². The molecule has 1 rings (SSSR count). The molecule has 0 heterocycles. The van der Waals surface area contributed by atoms with Crippen molar-refractivity contribution in [3.05, 3.63) is 28.7 Å². The minimum Gasteiger partial charge on any atom is -0.449 e. The Morgan fingerprint density at radius 2 is 2.00 bits per heavy atom. The molecule has 0 fully saturated rings. The van der Waals surface area contributed by atoms with Gasteiger partial charge in [-0.15, -0.1) is 0 Å². The monoisotopic (exact) mass is 333 g/mol. The number of amides is 1. The third-order valence-electron chi connectivity index (χ3n) is 1.81. The van der Waals surface area contributed by atoms with E-state index in [0.29, 0.717) is 5.69 Å². The summed E-state index contributed by atoms with van der Waals surface area (Å²) in [7, 11) is 0. The first-order valence-corrected chi connectivity index (χ1v) is 5.42. The summed E-state index contributed by atoms with van der Waals surface area (Å²) < 4.78 is 36.4. The van der Waals surface area contributed by atoms with E-state index < -0.39 is 25.6 Å². The summed E-state index contributed by atoms with van der Waals surface area (Å²) in [6.07, 6.45) is -1.57. The number of carbonyl (C=O) groups excluding carboxylic acids is 1. The van der Waals surface area contributed by atoms with Crippen LogP contribution in [0.3, 0.4) is 0 Å². The van der Waals surface area contributed by atoms with Gasteiger partial charge < -0.3 is 18.3 Å². The first-order valence-electron chi connectivity index (χ1n) is 4.63. The average Bonchev–Trinajstić information content (AvgIpc) is 2.14. The molecular formula is C9H9BBrF3KNO. The Hall–Kier alpha value is 0.661. The first-order chi connectivity index (χ1) is 7.37. The molecule has 0 bridgehead atoms. The molecule has 88 valence electrons. The largest absolute Gasteiger partial charge is 1.00 e. The zero-order valence-corrected chi connectivity index (χ0v) is 13.9. The van der Waals surface area contributed by atoms with Crippen LogP contribution in [0.4, 0.5) is 18.6 Å². The summed E-state index contributed by atoms with van der Waals surface area (Å²) >= 11 is 3.19. The van der Waals surface area contributed by atoms with Crippen LogP contribution >= 0.6 is 15.9 Å². The van der Waals surface area contributed by atoms with Gasteiger partial charge in [-0.25, -0.2) is 0 Å². The molecular weight excluding hydrogens is 325 g/mol. The van der Waals surface area contributed by atoms with Gasteiger partial charge in [0.1, 0.15) is 0 Å². The van der Waals surface area contributed by atoms with Crippen molar-refractivity contribution in [3.63, 3.8) is 0 Å². The molecule has 0 radical (unpaired) electrons. The van der Waals surface area contributed by atoms with Crippen LogP contribution in [-0.4, -0.2) is 12.9 Å². The zero-order chi connectivity index (χ0) is 12.2. The number of carbonyl (C=O) groups is 1. The molecule has 0 spiro atoms. The third kappa shape index (κ3) is 8.39. The molecule has 0 atom stereocenters. The van der Waals surface area contributed by atoms with Crippen LogP contribution in [0, 0.1) is 0 Å². The van der Waals surface area contributed by atoms with Crippen molar-refractivity contribution < 1.29 is 69.1 Å². The fourth-order valence-electron chi connectivity index (χ4n) is 1.08. The Bertz CT molecular complexity index is 389. The summed E-state index contributed by atoms with van der Waals surface area (Å²) in [6, 6.07) is 6.68. The van der Waals surface area contributed by atoms with Gasteiger partial charge in [0.15, 0.2) is 0 Å². The molecule has 1 aromatic rings. The smallest absolute Gasteiger partial charge is 0.449 e. The van der Waals surface area contributed by atoms with Gasteiger partial charge >= 0.3 is 58.4 Å². The topological polar surface area (TPSA) is 29.1 Å². The molecule has 0 aliphatic rings. The zero-order valence-electron chi connectivity index (χ0n) is 9.22. The molecule has 0 saturated carbocycles. The number of hydrogen-bond donors (Lipinski definition) is 1. The van der Waals surface area contributed by atoms with E-state index in [1.165, 1.54) is 0 Å². The molecule has 0 unspecified atom stereocenters. The number of anilines is 1. The maximum atomic E-state index is 11.9. The fourth-order valence-corrected chi connectivity index (χ4v) is 1.48. The number of halogens is 4. The van der Waals surface area contributed by atoms with Crippen molar-refractivity contribution in [2.75, 3.05) is 5.32 Å². The molecule has 2 nitrogen and oxygen atoms in total. The van der Waals surface area contributed by atoms with Gasteiger partial charge in [-0.3, -0.25) is 4.79 Å². The van der Waals surface area contributed by atoms with Crippen molar-refractivity contribution in [2.24, 2.45) is 0 Å². The van der Waals surface area contributed by atoms with Gasteiger partial charge in [0.2, 0.25) is 5.91 Å². The number of rotatable bonds is 4. The Kier molecular flexibility index (Phi) is 8.27. The van der Waals surface area contributed by atoms with E-state index in [9.17, 15) is 17.7 Å². The van der Waals surface area contributed by atoms with E-state index in [4.69, 9.17) is 0 Å². The Balaban J connectivity index is 0.00000256. The molecule has 1 aromatic carbocycles. The molecule has 8 heteroatoms. The molecule has 0 aliphatic heterocycles. The number of benzene rings is 1. The van der Waals surface area contributed by atoms with Crippen molar-refractivity contribution in [1.29, 1.82) is 0 Å². The predicted octanol–water partition coefficient (Wildman–Crippen LogP) is 0.629. The van der Waals surface area contributed by atoms with Crippen LogP contribution < -0.4 is 56.7 Å². The van der Waals surface area contributed by atoms with Crippen LogP contribution in [0.2, 0.25) is 6.32 Å². The van der Waals surface area contributed by atoms with E-state index in [-0.39, 0.29) is 51.4 Å². The Morgan fingerprint density at radius 1 is 1.35 bits per heavy atom. The summed E-state index contributed by atoms with van der Waals surface area (Å²) in [5.74, 6) is -0.627. The van der Waals surface area contributed by atoms with E-state index in [1.807, 2.05) is 0 Å². The number of hydrogen-bond acceptors (Lipinski definition) is 1. The second-order valence-corrected chi connectivity index (χ2v) is 4.22. The molecule has 1 N–H and O–H groups in total. The molecule has 0 aliphatic carbocycles. The maximum absolute atomic E-state index is 11.9. The van der Waals surface area contributed by atoms with Gasteiger partial charge in [0.25, 0.3) is 0 Å². The minimum absolute atomic E-state index is 0. The summed E-state index contributed by atoms with van der Waals surface area (Å²) in [5, 5.41) is 2.40. The van der Waals surface area contributed by atoms with Gasteiger partial charge in [0, 0.05) is 16.6 Å². The molecule has 1 amide bonds. The Labute approximate surface area is 148 Å².